The van der Waals surface area contributed by atoms with Gasteiger partial charge in [0.25, 0.3) is 5.56 Å². The molecule has 0 unspecified atom stereocenters. The second-order valence-electron chi connectivity index (χ2n) is 9.59. The molecular formula is C26H22F3N3O4S. The highest BCUT2D eigenvalue weighted by atomic mass is 32.1. The zero-order chi connectivity index (χ0) is 26.6. The highest BCUT2D eigenvalue weighted by Crippen LogP contribution is 2.49. The standard InChI is InChI=1S/C26H22F3N3O4S/c1-24(36)11-25(12-24,31-23(34)35)17-9-7-16(8-10-17)20-18(15-5-3-2-4-6-15)19-21(37-20)30-14-32(22(19)33)13-26(27,28)29/h2-10,14,31,36H,11-13H2,1H3,(H,34,35)/t24-,25+. The number of aromatic nitrogens is 2. The van der Waals surface area contributed by atoms with Crippen LogP contribution in [0.1, 0.15) is 25.3 Å². The normalized spacial score (nSPS) is 21.5. The van der Waals surface area contributed by atoms with E-state index in [1.807, 2.05) is 0 Å². The molecule has 3 N–H and O–H groups in total. The highest BCUT2D eigenvalue weighted by Gasteiger charge is 2.53. The Morgan fingerprint density at radius 2 is 1.76 bits per heavy atom. The molecular weight excluding hydrogens is 507 g/mol. The van der Waals surface area contributed by atoms with Crippen LogP contribution >= 0.6 is 11.3 Å². The summed E-state index contributed by atoms with van der Waals surface area (Å²) in [5.41, 5.74) is -0.162. The maximum Gasteiger partial charge on any atom is 0.406 e. The predicted molar refractivity (Wildman–Crippen MR) is 134 cm³/mol. The Morgan fingerprint density at radius 3 is 2.32 bits per heavy atom. The number of aliphatic hydroxyl groups is 1. The van der Waals surface area contributed by atoms with Gasteiger partial charge in [0.2, 0.25) is 0 Å². The SMILES string of the molecule is C[C@]1(O)C[C@](NC(=O)O)(c2ccc(-c3sc4ncn(CC(F)(F)F)c(=O)c4c3-c3ccccc3)cc2)C1. The number of hydrogen-bond acceptors (Lipinski definition) is 5. The van der Waals surface area contributed by atoms with Crippen LogP contribution in [0.2, 0.25) is 0 Å². The Labute approximate surface area is 212 Å². The van der Waals surface area contributed by atoms with E-state index in [4.69, 9.17) is 0 Å². The fourth-order valence-electron chi connectivity index (χ4n) is 5.17. The molecule has 2 aromatic heterocycles. The summed E-state index contributed by atoms with van der Waals surface area (Å²) in [5, 5.41) is 22.3. The summed E-state index contributed by atoms with van der Waals surface area (Å²) in [6.07, 6.45) is -4.43. The number of halogens is 3. The van der Waals surface area contributed by atoms with E-state index in [0.29, 0.717) is 36.5 Å². The maximum absolute atomic E-state index is 13.2. The number of nitrogens with one attached hydrogen (secondary N) is 1. The van der Waals surface area contributed by atoms with Crippen molar-refractivity contribution < 1.29 is 28.2 Å². The molecule has 1 aliphatic rings. The second kappa shape index (κ2) is 8.70. The van der Waals surface area contributed by atoms with E-state index in [1.54, 1.807) is 61.5 Å². The zero-order valence-electron chi connectivity index (χ0n) is 19.5. The molecule has 2 aromatic carbocycles. The number of benzene rings is 2. The van der Waals surface area contributed by atoms with Gasteiger partial charge < -0.3 is 15.5 Å². The van der Waals surface area contributed by atoms with Gasteiger partial charge in [-0.15, -0.1) is 11.3 Å². The van der Waals surface area contributed by atoms with E-state index in [9.17, 15) is 33.0 Å². The molecule has 5 rings (SSSR count). The van der Waals surface area contributed by atoms with Gasteiger partial charge >= 0.3 is 12.3 Å². The molecule has 0 radical (unpaired) electrons. The van der Waals surface area contributed by atoms with Crippen molar-refractivity contribution in [2.45, 2.75) is 43.6 Å². The van der Waals surface area contributed by atoms with Gasteiger partial charge in [0.05, 0.1) is 22.9 Å². The Morgan fingerprint density at radius 1 is 1.11 bits per heavy atom. The van der Waals surface area contributed by atoms with Crippen LogP contribution in [0.5, 0.6) is 0 Å². The van der Waals surface area contributed by atoms with Gasteiger partial charge in [0, 0.05) is 23.3 Å². The van der Waals surface area contributed by atoms with E-state index >= 15 is 0 Å². The fourth-order valence-corrected chi connectivity index (χ4v) is 6.34. The van der Waals surface area contributed by atoms with E-state index in [1.165, 1.54) is 11.3 Å². The van der Waals surface area contributed by atoms with E-state index in [-0.39, 0.29) is 18.2 Å². The molecule has 0 bridgehead atoms. The Balaban J connectivity index is 1.64. The minimum absolute atomic E-state index is 0.112. The summed E-state index contributed by atoms with van der Waals surface area (Å²) in [4.78, 5) is 29.8. The smallest absolute Gasteiger partial charge is 0.406 e. The summed E-state index contributed by atoms with van der Waals surface area (Å²) in [6, 6.07) is 16.0. The first-order valence-corrected chi connectivity index (χ1v) is 12.2. The van der Waals surface area contributed by atoms with Gasteiger partial charge in [-0.2, -0.15) is 13.2 Å². The summed E-state index contributed by atoms with van der Waals surface area (Å²) in [7, 11) is 0. The molecule has 1 fully saturated rings. The Kier molecular flexibility index (Phi) is 5.87. The van der Waals surface area contributed by atoms with E-state index < -0.39 is 35.5 Å². The number of rotatable bonds is 5. The van der Waals surface area contributed by atoms with Crippen LogP contribution in [0.4, 0.5) is 18.0 Å². The lowest BCUT2D eigenvalue weighted by Gasteiger charge is -2.51. The molecule has 4 aromatic rings. The van der Waals surface area contributed by atoms with E-state index in [2.05, 4.69) is 10.3 Å². The molecule has 0 saturated heterocycles. The summed E-state index contributed by atoms with van der Waals surface area (Å²) < 4.78 is 39.8. The first kappa shape index (κ1) is 25.0. The van der Waals surface area contributed by atoms with Gasteiger partial charge in [0.1, 0.15) is 11.4 Å². The largest absolute Gasteiger partial charge is 0.465 e. The predicted octanol–water partition coefficient (Wildman–Crippen LogP) is 5.36. The number of amides is 1. The van der Waals surface area contributed by atoms with Gasteiger partial charge in [0.15, 0.2) is 0 Å². The molecule has 11 heteroatoms. The highest BCUT2D eigenvalue weighted by molar-refractivity contribution is 7.22. The summed E-state index contributed by atoms with van der Waals surface area (Å²) in [5.74, 6) is 0. The number of fused-ring (bicyclic) bond motifs is 1. The van der Waals surface area contributed by atoms with Crippen LogP contribution in [-0.2, 0) is 12.1 Å². The average Bonchev–Trinajstić information content (AvgIpc) is 3.19. The van der Waals surface area contributed by atoms with Crippen LogP contribution in [0, 0.1) is 0 Å². The third-order valence-electron chi connectivity index (χ3n) is 6.50. The average molecular weight is 530 g/mol. The Bertz CT molecular complexity index is 1540. The van der Waals surface area contributed by atoms with Crippen molar-refractivity contribution in [2.24, 2.45) is 0 Å². The Hall–Kier alpha value is -3.70. The fraction of sp³-hybridized carbons (Fsp3) is 0.269. The molecule has 7 nitrogen and oxygen atoms in total. The lowest BCUT2D eigenvalue weighted by molar-refractivity contribution is -0.141. The van der Waals surface area contributed by atoms with Crippen molar-refractivity contribution in [3.05, 3.63) is 76.8 Å². The van der Waals surface area contributed by atoms with Gasteiger partial charge in [-0.05, 0) is 23.6 Å². The van der Waals surface area contributed by atoms with Gasteiger partial charge in [-0.25, -0.2) is 9.78 Å². The summed E-state index contributed by atoms with van der Waals surface area (Å²) >= 11 is 1.20. The number of thiophene rings is 1. The van der Waals surface area contributed by atoms with Crippen molar-refractivity contribution in [3.8, 4) is 21.6 Å². The molecule has 1 amide bonds. The third kappa shape index (κ3) is 4.72. The quantitative estimate of drug-likeness (QED) is 0.323. The lowest BCUT2D eigenvalue weighted by atomic mass is 9.62. The molecule has 0 atom stereocenters. The maximum atomic E-state index is 13.2. The van der Waals surface area contributed by atoms with Crippen LogP contribution < -0.4 is 10.9 Å². The van der Waals surface area contributed by atoms with Crippen molar-refractivity contribution in [1.29, 1.82) is 0 Å². The number of hydrogen-bond donors (Lipinski definition) is 3. The number of nitrogens with zero attached hydrogens (tertiary/aromatic N) is 2. The first-order valence-electron chi connectivity index (χ1n) is 11.4. The van der Waals surface area contributed by atoms with Crippen molar-refractivity contribution in [3.63, 3.8) is 0 Å². The number of alkyl halides is 3. The van der Waals surface area contributed by atoms with Crippen LogP contribution in [0.25, 0.3) is 31.8 Å². The molecule has 37 heavy (non-hydrogen) atoms. The molecule has 0 aliphatic heterocycles. The molecule has 1 saturated carbocycles. The third-order valence-corrected chi connectivity index (χ3v) is 7.65. The number of carbonyl (C=O) groups is 1. The zero-order valence-corrected chi connectivity index (χ0v) is 20.4. The molecule has 192 valence electrons. The second-order valence-corrected chi connectivity index (χ2v) is 10.6. The first-order chi connectivity index (χ1) is 17.4. The van der Waals surface area contributed by atoms with E-state index in [0.717, 1.165) is 6.33 Å². The van der Waals surface area contributed by atoms with Crippen molar-refractivity contribution in [2.75, 3.05) is 0 Å². The molecule has 0 spiro atoms. The summed E-state index contributed by atoms with van der Waals surface area (Å²) in [6.45, 7) is 0.205. The lowest BCUT2D eigenvalue weighted by Crippen LogP contribution is -2.61. The molecule has 2 heterocycles. The van der Waals surface area contributed by atoms with Gasteiger partial charge in [-0.1, -0.05) is 54.6 Å². The van der Waals surface area contributed by atoms with Crippen LogP contribution in [0.3, 0.4) is 0 Å². The minimum atomic E-state index is -4.58. The van der Waals surface area contributed by atoms with Crippen molar-refractivity contribution >= 4 is 27.6 Å². The topological polar surface area (TPSA) is 104 Å². The van der Waals surface area contributed by atoms with Crippen molar-refractivity contribution in [1.82, 2.24) is 14.9 Å². The number of carboxylic acid groups (broad SMARTS) is 1. The monoisotopic (exact) mass is 529 g/mol. The molecule has 1 aliphatic carbocycles. The minimum Gasteiger partial charge on any atom is -0.465 e. The van der Waals surface area contributed by atoms with Gasteiger partial charge in [-0.3, -0.25) is 9.36 Å². The van der Waals surface area contributed by atoms with Crippen LogP contribution in [0.15, 0.2) is 65.7 Å². The van der Waals surface area contributed by atoms with Crippen LogP contribution in [-0.4, -0.2) is 37.6 Å².